The van der Waals surface area contributed by atoms with Crippen LogP contribution >= 0.6 is 0 Å². The fraction of sp³-hybridized carbons (Fsp3) is 0.208. The number of nitrogens with zero attached hydrogens (tertiary/aromatic N) is 4. The summed E-state index contributed by atoms with van der Waals surface area (Å²) >= 11 is 0. The lowest BCUT2D eigenvalue weighted by Gasteiger charge is -2.18. The molecule has 158 valence electrons. The molecule has 0 aliphatic rings. The van der Waals surface area contributed by atoms with Crippen LogP contribution in [0.4, 0.5) is 0 Å². The van der Waals surface area contributed by atoms with E-state index in [1.807, 2.05) is 71.4 Å². The Morgan fingerprint density at radius 3 is 2.39 bits per heavy atom. The topological polar surface area (TPSA) is 69.5 Å². The molecule has 4 aromatic rings. The van der Waals surface area contributed by atoms with Crippen LogP contribution in [-0.2, 0) is 13.1 Å². The molecule has 0 fully saturated rings. The van der Waals surface area contributed by atoms with Gasteiger partial charge in [0.2, 0.25) is 0 Å². The van der Waals surface area contributed by atoms with Gasteiger partial charge in [0.05, 0.1) is 26.3 Å². The van der Waals surface area contributed by atoms with E-state index in [0.29, 0.717) is 30.2 Å². The Balaban J connectivity index is 1.44. The van der Waals surface area contributed by atoms with Crippen LogP contribution in [0.2, 0.25) is 0 Å². The minimum Gasteiger partial charge on any atom is -0.493 e. The molecule has 3 aromatic carbocycles. The van der Waals surface area contributed by atoms with Crippen molar-refractivity contribution in [2.75, 3.05) is 21.3 Å². The van der Waals surface area contributed by atoms with E-state index in [1.165, 1.54) is 0 Å². The van der Waals surface area contributed by atoms with E-state index < -0.39 is 0 Å². The van der Waals surface area contributed by atoms with Crippen LogP contribution in [0.25, 0.3) is 11.0 Å². The Morgan fingerprint density at radius 2 is 1.65 bits per heavy atom. The first-order chi connectivity index (χ1) is 15.1. The molecule has 1 aromatic heterocycles. The second-order valence-corrected chi connectivity index (χ2v) is 7.28. The molecule has 0 atom stereocenters. The minimum atomic E-state index is -0.0486. The second-order valence-electron chi connectivity index (χ2n) is 7.28. The molecule has 0 bridgehead atoms. The van der Waals surface area contributed by atoms with Gasteiger partial charge in [0.1, 0.15) is 5.52 Å². The Labute approximate surface area is 180 Å². The van der Waals surface area contributed by atoms with E-state index in [9.17, 15) is 4.79 Å². The van der Waals surface area contributed by atoms with Crippen molar-refractivity contribution in [2.45, 2.75) is 13.1 Å². The molecule has 7 nitrogen and oxygen atoms in total. The van der Waals surface area contributed by atoms with Gasteiger partial charge in [-0.15, -0.1) is 5.10 Å². The number of hydrogen-bond donors (Lipinski definition) is 0. The highest BCUT2D eigenvalue weighted by molar-refractivity contribution is 5.94. The molecule has 4 rings (SSSR count). The molecule has 1 heterocycles. The Morgan fingerprint density at radius 1 is 0.935 bits per heavy atom. The summed E-state index contributed by atoms with van der Waals surface area (Å²) in [4.78, 5) is 14.6. The summed E-state index contributed by atoms with van der Waals surface area (Å²) in [6, 6.07) is 21.1. The van der Waals surface area contributed by atoms with E-state index in [0.717, 1.165) is 22.2 Å². The van der Waals surface area contributed by atoms with Crippen molar-refractivity contribution >= 4 is 16.9 Å². The van der Waals surface area contributed by atoms with E-state index in [2.05, 4.69) is 10.3 Å². The Bertz CT molecular complexity index is 1200. The van der Waals surface area contributed by atoms with E-state index in [1.54, 1.807) is 26.2 Å². The van der Waals surface area contributed by atoms with E-state index in [4.69, 9.17) is 9.47 Å². The van der Waals surface area contributed by atoms with E-state index >= 15 is 0 Å². The Kier molecular flexibility index (Phi) is 5.84. The second kappa shape index (κ2) is 8.87. The first-order valence-corrected chi connectivity index (χ1v) is 9.92. The molecule has 0 unspecified atom stereocenters. The van der Waals surface area contributed by atoms with Gasteiger partial charge < -0.3 is 14.4 Å². The predicted molar refractivity (Wildman–Crippen MR) is 118 cm³/mol. The summed E-state index contributed by atoms with van der Waals surface area (Å²) in [5, 5.41) is 8.40. The van der Waals surface area contributed by atoms with Crippen molar-refractivity contribution in [3.63, 3.8) is 0 Å². The molecule has 0 aliphatic carbocycles. The first-order valence-electron chi connectivity index (χ1n) is 9.92. The summed E-state index contributed by atoms with van der Waals surface area (Å²) in [6.45, 7) is 1.06. The van der Waals surface area contributed by atoms with Crippen LogP contribution in [-0.4, -0.2) is 47.1 Å². The number of carbonyl (C=O) groups is 1. The third kappa shape index (κ3) is 4.35. The molecular formula is C24H24N4O3. The number of methoxy groups -OCH3 is 2. The zero-order valence-corrected chi connectivity index (χ0v) is 17.8. The SMILES string of the molecule is COc1ccc(CN(C)C(=O)c2ccc(Cn3nnc4ccccc43)cc2)cc1OC. The molecule has 0 N–H and O–H groups in total. The van der Waals surface area contributed by atoms with Crippen LogP contribution in [0.15, 0.2) is 66.7 Å². The van der Waals surface area contributed by atoms with Gasteiger partial charge in [0, 0.05) is 19.2 Å². The molecule has 0 saturated heterocycles. The minimum absolute atomic E-state index is 0.0486. The average Bonchev–Trinajstić information content (AvgIpc) is 3.21. The third-order valence-electron chi connectivity index (χ3n) is 5.17. The van der Waals surface area contributed by atoms with E-state index in [-0.39, 0.29) is 5.91 Å². The summed E-state index contributed by atoms with van der Waals surface area (Å²) in [6.07, 6.45) is 0. The monoisotopic (exact) mass is 416 g/mol. The van der Waals surface area contributed by atoms with Crippen LogP contribution in [0, 0.1) is 0 Å². The fourth-order valence-corrected chi connectivity index (χ4v) is 3.50. The van der Waals surface area contributed by atoms with Gasteiger partial charge in [0.25, 0.3) is 5.91 Å². The standard InChI is InChI=1S/C24H24N4O3/c1-27(15-18-10-13-22(30-2)23(14-18)31-3)24(29)19-11-8-17(9-12-19)16-28-21-7-5-4-6-20(21)25-26-28/h4-14H,15-16H2,1-3H3. The molecule has 0 aliphatic heterocycles. The number of aromatic nitrogens is 3. The maximum absolute atomic E-state index is 12.9. The van der Waals surface area contributed by atoms with Gasteiger partial charge in [-0.3, -0.25) is 4.79 Å². The van der Waals surface area contributed by atoms with Gasteiger partial charge in [-0.1, -0.05) is 35.5 Å². The molecule has 7 heteroatoms. The number of para-hydroxylation sites is 1. The number of benzene rings is 3. The smallest absolute Gasteiger partial charge is 0.253 e. The normalized spacial score (nSPS) is 10.8. The lowest BCUT2D eigenvalue weighted by atomic mass is 10.1. The number of ether oxygens (including phenoxy) is 2. The quantitative estimate of drug-likeness (QED) is 0.459. The molecule has 31 heavy (non-hydrogen) atoms. The maximum Gasteiger partial charge on any atom is 0.253 e. The highest BCUT2D eigenvalue weighted by Gasteiger charge is 2.14. The summed E-state index contributed by atoms with van der Waals surface area (Å²) in [5.74, 6) is 1.26. The lowest BCUT2D eigenvalue weighted by Crippen LogP contribution is -2.26. The van der Waals surface area contributed by atoms with Gasteiger partial charge in [-0.05, 0) is 47.5 Å². The molecule has 0 spiro atoms. The fourth-order valence-electron chi connectivity index (χ4n) is 3.50. The average molecular weight is 416 g/mol. The Hall–Kier alpha value is -3.87. The maximum atomic E-state index is 12.9. The number of fused-ring (bicyclic) bond motifs is 1. The highest BCUT2D eigenvalue weighted by atomic mass is 16.5. The summed E-state index contributed by atoms with van der Waals surface area (Å²) in [7, 11) is 4.98. The molecule has 0 saturated carbocycles. The number of amides is 1. The largest absolute Gasteiger partial charge is 0.493 e. The van der Waals surface area contributed by atoms with Crippen LogP contribution in [0.1, 0.15) is 21.5 Å². The van der Waals surface area contributed by atoms with Gasteiger partial charge in [-0.2, -0.15) is 0 Å². The number of carbonyl (C=O) groups excluding carboxylic acids is 1. The summed E-state index contributed by atoms with van der Waals surface area (Å²) in [5.41, 5.74) is 4.50. The van der Waals surface area contributed by atoms with Gasteiger partial charge >= 0.3 is 0 Å². The lowest BCUT2D eigenvalue weighted by molar-refractivity contribution is 0.0785. The summed E-state index contributed by atoms with van der Waals surface area (Å²) < 4.78 is 12.5. The van der Waals surface area contributed by atoms with Crippen molar-refractivity contribution < 1.29 is 14.3 Å². The predicted octanol–water partition coefficient (Wildman–Crippen LogP) is 3.77. The van der Waals surface area contributed by atoms with Gasteiger partial charge in [-0.25, -0.2) is 4.68 Å². The van der Waals surface area contributed by atoms with Crippen LogP contribution in [0.3, 0.4) is 0 Å². The zero-order chi connectivity index (χ0) is 21.8. The van der Waals surface area contributed by atoms with Crippen molar-refractivity contribution in [3.05, 3.63) is 83.4 Å². The van der Waals surface area contributed by atoms with Crippen LogP contribution < -0.4 is 9.47 Å². The third-order valence-corrected chi connectivity index (χ3v) is 5.17. The highest BCUT2D eigenvalue weighted by Crippen LogP contribution is 2.28. The molecule has 0 radical (unpaired) electrons. The first kappa shape index (κ1) is 20.4. The zero-order valence-electron chi connectivity index (χ0n) is 17.8. The van der Waals surface area contributed by atoms with Crippen molar-refractivity contribution in [2.24, 2.45) is 0 Å². The molecular weight excluding hydrogens is 392 g/mol. The van der Waals surface area contributed by atoms with Gasteiger partial charge in [0.15, 0.2) is 11.5 Å². The molecule has 1 amide bonds. The number of hydrogen-bond acceptors (Lipinski definition) is 5. The van der Waals surface area contributed by atoms with Crippen molar-refractivity contribution in [1.82, 2.24) is 19.9 Å². The van der Waals surface area contributed by atoms with Crippen molar-refractivity contribution in [3.8, 4) is 11.5 Å². The number of rotatable bonds is 7. The van der Waals surface area contributed by atoms with Crippen LogP contribution in [0.5, 0.6) is 11.5 Å². The van der Waals surface area contributed by atoms with Crippen molar-refractivity contribution in [1.29, 1.82) is 0 Å².